The van der Waals surface area contributed by atoms with Crippen molar-refractivity contribution in [3.63, 3.8) is 0 Å². The molecule has 0 aliphatic heterocycles. The van der Waals surface area contributed by atoms with Gasteiger partial charge in [-0.05, 0) is 93.5 Å². The van der Waals surface area contributed by atoms with Crippen molar-refractivity contribution in [3.8, 4) is 17.4 Å². The van der Waals surface area contributed by atoms with Crippen LogP contribution >= 0.6 is 0 Å². The van der Waals surface area contributed by atoms with Crippen LogP contribution < -0.4 is 20.7 Å². The number of hydrogen-bond acceptors (Lipinski definition) is 2. The normalized spacial score (nSPS) is 12.0. The van der Waals surface area contributed by atoms with Gasteiger partial charge in [0.05, 0.1) is 39.1 Å². The van der Waals surface area contributed by atoms with Crippen molar-refractivity contribution in [2.75, 3.05) is 0 Å². The van der Waals surface area contributed by atoms with Crippen LogP contribution in [0, 0.1) is 11.3 Å². The molecule has 0 amide bonds. The van der Waals surface area contributed by atoms with E-state index in [0.717, 1.165) is 76.9 Å². The Labute approximate surface area is 347 Å². The molecule has 0 saturated carbocycles. The number of rotatable bonds is 6. The van der Waals surface area contributed by atoms with Crippen molar-refractivity contribution in [1.82, 2.24) is 9.13 Å². The summed E-state index contributed by atoms with van der Waals surface area (Å²) >= 11 is 0. The molecule has 9 aromatic carbocycles. The maximum absolute atomic E-state index is 9.84. The van der Waals surface area contributed by atoms with Crippen LogP contribution in [0.1, 0.15) is 5.56 Å². The highest BCUT2D eigenvalue weighted by atomic mass is 28.3. The largest absolute Gasteiger partial charge is 0.455 e. The lowest BCUT2D eigenvalue weighted by Crippen LogP contribution is -2.74. The van der Waals surface area contributed by atoms with E-state index in [1.54, 1.807) is 0 Å². The van der Waals surface area contributed by atoms with Gasteiger partial charge in [0.1, 0.15) is 11.2 Å². The zero-order valence-electron chi connectivity index (χ0n) is 32.5. The molecule has 0 unspecified atom stereocenters. The summed E-state index contributed by atoms with van der Waals surface area (Å²) < 4.78 is 11.4. The first kappa shape index (κ1) is 34.2. The third-order valence-corrected chi connectivity index (χ3v) is 17.2. The second-order valence-electron chi connectivity index (χ2n) is 15.6. The van der Waals surface area contributed by atoms with E-state index >= 15 is 0 Å². The first-order valence-electron chi connectivity index (χ1n) is 20.3. The van der Waals surface area contributed by atoms with Crippen molar-refractivity contribution in [2.45, 2.75) is 0 Å². The van der Waals surface area contributed by atoms with E-state index in [4.69, 9.17) is 4.42 Å². The highest BCUT2D eigenvalue weighted by Gasteiger charge is 2.42. The molecule has 3 aromatic heterocycles. The van der Waals surface area contributed by atoms with Crippen molar-refractivity contribution in [1.29, 1.82) is 5.26 Å². The third kappa shape index (κ3) is 4.89. The van der Waals surface area contributed by atoms with E-state index in [0.29, 0.717) is 5.56 Å². The molecule has 0 bridgehead atoms. The molecular formula is C55H35N3OSi. The van der Waals surface area contributed by atoms with Gasteiger partial charge in [-0.25, -0.2) is 0 Å². The summed E-state index contributed by atoms with van der Waals surface area (Å²) in [5.74, 6) is 0. The van der Waals surface area contributed by atoms with Gasteiger partial charge in [0.15, 0.2) is 8.07 Å². The molecule has 0 aliphatic carbocycles. The topological polar surface area (TPSA) is 46.8 Å². The van der Waals surface area contributed by atoms with Crippen LogP contribution in [-0.4, -0.2) is 17.2 Å². The molecule has 12 rings (SSSR count). The van der Waals surface area contributed by atoms with E-state index in [-0.39, 0.29) is 0 Å². The highest BCUT2D eigenvalue weighted by molar-refractivity contribution is 7.20. The molecule has 60 heavy (non-hydrogen) atoms. The van der Waals surface area contributed by atoms with E-state index in [9.17, 15) is 5.26 Å². The number of nitrogens with zero attached hydrogens (tertiary/aromatic N) is 3. The smallest absolute Gasteiger partial charge is 0.179 e. The quantitative estimate of drug-likeness (QED) is 0.125. The Morgan fingerprint density at radius 1 is 0.383 bits per heavy atom. The average molecular weight is 782 g/mol. The van der Waals surface area contributed by atoms with Crippen LogP contribution in [0.3, 0.4) is 0 Å². The minimum atomic E-state index is -3.03. The Morgan fingerprint density at radius 3 is 1.57 bits per heavy atom. The fourth-order valence-electron chi connectivity index (χ4n) is 9.97. The molecule has 3 heterocycles. The number of benzene rings is 9. The van der Waals surface area contributed by atoms with Gasteiger partial charge >= 0.3 is 0 Å². The number of aromatic nitrogens is 2. The molecular weight excluding hydrogens is 747 g/mol. The van der Waals surface area contributed by atoms with Crippen molar-refractivity contribution >= 4 is 94.4 Å². The van der Waals surface area contributed by atoms with Gasteiger partial charge in [-0.3, -0.25) is 0 Å². The SMILES string of the molecule is N#Cc1ccc2c(c1)c1ccccc1n2-c1cccc([Si](c2ccccc2)(c2ccccc2)c2cccc(-n3c4ccccc4c4c5oc6ccccc6c5ccc43)c2)c1. The monoisotopic (exact) mass is 781 g/mol. The molecule has 4 nitrogen and oxygen atoms in total. The third-order valence-electron chi connectivity index (χ3n) is 12.5. The Kier molecular flexibility index (Phi) is 7.58. The Hall–Kier alpha value is -7.91. The first-order valence-corrected chi connectivity index (χ1v) is 22.3. The molecule has 0 spiro atoms. The molecule has 0 fully saturated rings. The van der Waals surface area contributed by atoms with Gasteiger partial charge in [-0.15, -0.1) is 0 Å². The minimum Gasteiger partial charge on any atom is -0.455 e. The first-order chi connectivity index (χ1) is 29.7. The lowest BCUT2D eigenvalue weighted by Gasteiger charge is -2.35. The van der Waals surface area contributed by atoms with Crippen LogP contribution in [-0.2, 0) is 0 Å². The summed E-state index contributed by atoms with van der Waals surface area (Å²) in [6.45, 7) is 0. The molecule has 12 aromatic rings. The molecule has 0 N–H and O–H groups in total. The van der Waals surface area contributed by atoms with Gasteiger partial charge < -0.3 is 13.6 Å². The molecule has 280 valence electrons. The summed E-state index contributed by atoms with van der Waals surface area (Å²) in [7, 11) is -3.03. The summed E-state index contributed by atoms with van der Waals surface area (Å²) in [4.78, 5) is 0. The minimum absolute atomic E-state index is 0.656. The van der Waals surface area contributed by atoms with Gasteiger partial charge in [0.25, 0.3) is 0 Å². The fraction of sp³-hybridized carbons (Fsp3) is 0. The molecule has 0 saturated heterocycles. The maximum atomic E-state index is 9.84. The average Bonchev–Trinajstić information content (AvgIpc) is 3.98. The maximum Gasteiger partial charge on any atom is 0.179 e. The summed E-state index contributed by atoms with van der Waals surface area (Å²) in [5, 5.41) is 21.8. The number of furan rings is 1. The van der Waals surface area contributed by atoms with Crippen molar-refractivity contribution in [2.24, 2.45) is 0 Å². The Morgan fingerprint density at radius 2 is 0.900 bits per heavy atom. The lowest BCUT2D eigenvalue weighted by molar-refractivity contribution is 0.673. The lowest BCUT2D eigenvalue weighted by atomic mass is 10.1. The van der Waals surface area contributed by atoms with Crippen LogP contribution in [0.5, 0.6) is 0 Å². The van der Waals surface area contributed by atoms with E-state index in [1.807, 2.05) is 18.2 Å². The predicted octanol–water partition coefficient (Wildman–Crippen LogP) is 11.0. The summed E-state index contributed by atoms with van der Waals surface area (Å²) in [6.07, 6.45) is 0. The molecule has 0 atom stereocenters. The van der Waals surface area contributed by atoms with Crippen LogP contribution in [0.2, 0.25) is 0 Å². The van der Waals surface area contributed by atoms with Crippen LogP contribution in [0.15, 0.2) is 217 Å². The Bertz CT molecular complexity index is 3640. The molecule has 0 radical (unpaired) electrons. The second-order valence-corrected chi connectivity index (χ2v) is 19.4. The Balaban J connectivity index is 1.14. The van der Waals surface area contributed by atoms with Gasteiger partial charge in [-0.1, -0.05) is 140 Å². The number of nitriles is 1. The van der Waals surface area contributed by atoms with Crippen molar-refractivity contribution in [3.05, 3.63) is 218 Å². The number of fused-ring (bicyclic) bond motifs is 10. The number of hydrogen-bond donors (Lipinski definition) is 0. The second kappa shape index (κ2) is 13.3. The zero-order chi connectivity index (χ0) is 39.8. The molecule has 0 aliphatic rings. The van der Waals surface area contributed by atoms with E-state index in [2.05, 4.69) is 209 Å². The van der Waals surface area contributed by atoms with E-state index < -0.39 is 8.07 Å². The van der Waals surface area contributed by atoms with E-state index in [1.165, 1.54) is 20.7 Å². The van der Waals surface area contributed by atoms with Gasteiger partial charge in [-0.2, -0.15) is 5.26 Å². The van der Waals surface area contributed by atoms with Crippen molar-refractivity contribution < 1.29 is 4.42 Å². The standard InChI is InChI=1S/C55H35N3OSi/c56-36-37-29-31-51-48(33-37)44-23-7-10-26-49(44)57(51)38-15-13-21-42(34-38)60(40-17-3-1-4-18-40,41-19-5-2-6-20-41)43-22-14-16-39(35-43)58-50-27-11-8-25-47(50)54-52(58)32-30-46-45-24-9-12-28-53(45)59-55(46)54/h1-35H. The zero-order valence-corrected chi connectivity index (χ0v) is 33.5. The number of para-hydroxylation sites is 3. The summed E-state index contributed by atoms with van der Waals surface area (Å²) in [5.41, 5.74) is 9.09. The van der Waals surface area contributed by atoms with Gasteiger partial charge in [0.2, 0.25) is 0 Å². The van der Waals surface area contributed by atoms with Crippen LogP contribution in [0.4, 0.5) is 0 Å². The molecule has 5 heteroatoms. The fourth-order valence-corrected chi connectivity index (χ4v) is 14.8. The summed E-state index contributed by atoms with van der Waals surface area (Å²) in [6, 6.07) is 79.1. The predicted molar refractivity (Wildman–Crippen MR) is 251 cm³/mol. The van der Waals surface area contributed by atoms with Crippen LogP contribution in [0.25, 0.3) is 76.9 Å². The van der Waals surface area contributed by atoms with Gasteiger partial charge in [0, 0.05) is 38.3 Å². The highest BCUT2D eigenvalue weighted by Crippen LogP contribution is 2.40.